The number of nitro benzene ring substituents is 2. The summed E-state index contributed by atoms with van der Waals surface area (Å²) in [5.41, 5.74) is 7.56. The van der Waals surface area contributed by atoms with Crippen LogP contribution in [-0.2, 0) is 6.61 Å². The van der Waals surface area contributed by atoms with Crippen molar-refractivity contribution in [2.24, 2.45) is 5.73 Å². The van der Waals surface area contributed by atoms with E-state index in [-0.39, 0.29) is 29.5 Å². The third kappa shape index (κ3) is 4.34. The highest BCUT2D eigenvalue weighted by atomic mass is 16.6. The Morgan fingerprint density at radius 3 is 2.61 bits per heavy atom. The van der Waals surface area contributed by atoms with Gasteiger partial charge in [0, 0.05) is 17.3 Å². The third-order valence-corrected chi connectivity index (χ3v) is 5.59. The van der Waals surface area contributed by atoms with E-state index in [1.165, 1.54) is 12.1 Å². The number of nitriles is 1. The lowest BCUT2D eigenvalue weighted by Gasteiger charge is -2.24. The van der Waals surface area contributed by atoms with E-state index in [4.69, 9.17) is 19.9 Å². The minimum absolute atomic E-state index is 0.0507. The number of hydrogen-bond donors (Lipinski definition) is 2. The molecule has 0 saturated heterocycles. The summed E-state index contributed by atoms with van der Waals surface area (Å²) in [5.74, 6) is 0.286. The van der Waals surface area contributed by atoms with Gasteiger partial charge in [-0.2, -0.15) is 5.26 Å². The smallest absolute Gasteiger partial charge is 0.282 e. The average Bonchev–Trinajstić information content (AvgIpc) is 3.22. The number of allylic oxidation sites excluding steroid dienone is 1. The first-order chi connectivity index (χ1) is 17.2. The van der Waals surface area contributed by atoms with Crippen molar-refractivity contribution in [3.63, 3.8) is 0 Å². The number of nitro groups is 2. The molecule has 0 fully saturated rings. The number of aryl methyl sites for hydroxylation is 1. The molecule has 3 aromatic rings. The normalized spacial score (nSPS) is 14.4. The van der Waals surface area contributed by atoms with Crippen LogP contribution in [0.3, 0.4) is 0 Å². The standard InChI is InChI=1S/C23H20N6O7/c1-3-34-19-8-13(21-16(10-24)22(25)36-23-20(21)12(2)26-27-23)5-7-18(19)35-11-14-4-6-15(28(30)31)9-17(14)29(32)33/h4-9,21H,3,11,25H2,1-2H3,(H,26,27)/t21-/m1/s1. The zero-order valence-corrected chi connectivity index (χ0v) is 19.2. The van der Waals surface area contributed by atoms with Crippen LogP contribution in [0.25, 0.3) is 0 Å². The SMILES string of the molecule is CCOc1cc([C@@H]2C(C#N)=C(N)Oc3n[nH]c(C)c32)ccc1OCc1ccc([N+](=O)[O-])cc1[N+](=O)[O-]. The van der Waals surface area contributed by atoms with Gasteiger partial charge in [-0.1, -0.05) is 6.07 Å². The monoisotopic (exact) mass is 492 g/mol. The van der Waals surface area contributed by atoms with Gasteiger partial charge in [0.25, 0.3) is 11.4 Å². The largest absolute Gasteiger partial charge is 0.490 e. The summed E-state index contributed by atoms with van der Waals surface area (Å²) >= 11 is 0. The van der Waals surface area contributed by atoms with Gasteiger partial charge in [-0.25, -0.2) is 0 Å². The van der Waals surface area contributed by atoms with Gasteiger partial charge in [0.15, 0.2) is 11.5 Å². The van der Waals surface area contributed by atoms with Crippen LogP contribution < -0.4 is 19.9 Å². The van der Waals surface area contributed by atoms with Gasteiger partial charge in [0.2, 0.25) is 11.8 Å². The summed E-state index contributed by atoms with van der Waals surface area (Å²) in [6, 6.07) is 10.5. The minimum atomic E-state index is -0.705. The summed E-state index contributed by atoms with van der Waals surface area (Å²) in [4.78, 5) is 21.0. The van der Waals surface area contributed by atoms with E-state index in [1.54, 1.807) is 32.0 Å². The first kappa shape index (κ1) is 24.0. The van der Waals surface area contributed by atoms with Gasteiger partial charge < -0.3 is 19.9 Å². The summed E-state index contributed by atoms with van der Waals surface area (Å²) < 4.78 is 17.1. The Kier molecular flexibility index (Phi) is 6.42. The highest BCUT2D eigenvalue weighted by Gasteiger charge is 2.34. The first-order valence-corrected chi connectivity index (χ1v) is 10.7. The molecule has 13 nitrogen and oxygen atoms in total. The lowest BCUT2D eigenvalue weighted by atomic mass is 9.84. The molecule has 1 atom stereocenters. The lowest BCUT2D eigenvalue weighted by Crippen LogP contribution is -2.21. The number of aromatic nitrogens is 2. The number of non-ortho nitro benzene ring substituents is 1. The van der Waals surface area contributed by atoms with E-state index in [0.29, 0.717) is 34.9 Å². The number of nitrogens with one attached hydrogen (secondary N) is 1. The van der Waals surface area contributed by atoms with Gasteiger partial charge >= 0.3 is 0 Å². The fourth-order valence-corrected chi connectivity index (χ4v) is 3.94. The van der Waals surface area contributed by atoms with Crippen molar-refractivity contribution in [2.75, 3.05) is 6.61 Å². The Bertz CT molecular complexity index is 1440. The van der Waals surface area contributed by atoms with Crippen molar-refractivity contribution in [2.45, 2.75) is 26.4 Å². The zero-order valence-electron chi connectivity index (χ0n) is 19.2. The molecule has 0 spiro atoms. The molecule has 0 aliphatic carbocycles. The molecule has 0 saturated carbocycles. The summed E-state index contributed by atoms with van der Waals surface area (Å²) in [5, 5.41) is 39.1. The maximum absolute atomic E-state index is 11.4. The molecule has 13 heteroatoms. The zero-order chi connectivity index (χ0) is 26.0. The number of aromatic amines is 1. The quantitative estimate of drug-likeness (QED) is 0.345. The van der Waals surface area contributed by atoms with E-state index >= 15 is 0 Å². The minimum Gasteiger partial charge on any atom is -0.490 e. The van der Waals surface area contributed by atoms with E-state index in [9.17, 15) is 25.5 Å². The Morgan fingerprint density at radius 2 is 1.94 bits per heavy atom. The predicted octanol–water partition coefficient (Wildman–Crippen LogP) is 3.73. The predicted molar refractivity (Wildman–Crippen MR) is 124 cm³/mol. The van der Waals surface area contributed by atoms with E-state index in [0.717, 1.165) is 6.07 Å². The van der Waals surface area contributed by atoms with Gasteiger partial charge in [0.05, 0.1) is 34.0 Å². The third-order valence-electron chi connectivity index (χ3n) is 5.59. The molecule has 2 aromatic carbocycles. The molecule has 0 unspecified atom stereocenters. The number of hydrogen-bond acceptors (Lipinski definition) is 10. The number of benzene rings is 2. The van der Waals surface area contributed by atoms with Crippen molar-refractivity contribution >= 4 is 11.4 Å². The Balaban J connectivity index is 1.69. The summed E-state index contributed by atoms with van der Waals surface area (Å²) in [7, 11) is 0. The highest BCUT2D eigenvalue weighted by Crippen LogP contribution is 2.44. The molecule has 3 N–H and O–H groups in total. The topological polar surface area (TPSA) is 192 Å². The number of rotatable bonds is 8. The molecule has 1 aliphatic rings. The second-order valence-electron chi connectivity index (χ2n) is 7.75. The van der Waals surface area contributed by atoms with E-state index in [2.05, 4.69) is 16.3 Å². The summed E-state index contributed by atoms with van der Waals surface area (Å²) in [6.45, 7) is 3.65. The van der Waals surface area contributed by atoms with Crippen LogP contribution in [0.5, 0.6) is 17.4 Å². The van der Waals surface area contributed by atoms with Crippen molar-refractivity contribution < 1.29 is 24.1 Å². The maximum atomic E-state index is 11.4. The van der Waals surface area contributed by atoms with Crippen molar-refractivity contribution in [3.05, 3.63) is 90.5 Å². The molecule has 0 amide bonds. The fourth-order valence-electron chi connectivity index (χ4n) is 3.94. The van der Waals surface area contributed by atoms with Gasteiger partial charge in [0.1, 0.15) is 18.2 Å². The number of H-pyrrole nitrogens is 1. The Labute approximate surface area is 204 Å². The lowest BCUT2D eigenvalue weighted by molar-refractivity contribution is -0.394. The van der Waals surface area contributed by atoms with Crippen LogP contribution in [0.15, 0.2) is 47.9 Å². The van der Waals surface area contributed by atoms with Crippen LogP contribution in [0, 0.1) is 38.5 Å². The van der Waals surface area contributed by atoms with Crippen LogP contribution in [-0.4, -0.2) is 26.7 Å². The molecule has 2 heterocycles. The molecule has 4 rings (SSSR count). The van der Waals surface area contributed by atoms with E-state index < -0.39 is 27.1 Å². The van der Waals surface area contributed by atoms with Crippen molar-refractivity contribution in [1.82, 2.24) is 10.2 Å². The van der Waals surface area contributed by atoms with Gasteiger partial charge in [-0.05, 0) is 37.6 Å². The first-order valence-electron chi connectivity index (χ1n) is 10.7. The number of nitrogens with zero attached hydrogens (tertiary/aromatic N) is 4. The Morgan fingerprint density at radius 1 is 1.17 bits per heavy atom. The average molecular weight is 492 g/mol. The molecule has 1 aromatic heterocycles. The Hall–Kier alpha value is -5.12. The van der Waals surface area contributed by atoms with Gasteiger partial charge in [-0.3, -0.25) is 25.3 Å². The van der Waals surface area contributed by atoms with Crippen LogP contribution >= 0.6 is 0 Å². The van der Waals surface area contributed by atoms with Gasteiger partial charge in [-0.15, -0.1) is 5.10 Å². The maximum Gasteiger partial charge on any atom is 0.282 e. The van der Waals surface area contributed by atoms with Crippen molar-refractivity contribution in [1.29, 1.82) is 5.26 Å². The number of ether oxygens (including phenoxy) is 3. The molecule has 1 aliphatic heterocycles. The fraction of sp³-hybridized carbons (Fsp3) is 0.217. The molecule has 184 valence electrons. The number of nitrogens with two attached hydrogens (primary N) is 1. The van der Waals surface area contributed by atoms with E-state index in [1.807, 2.05) is 0 Å². The molecular weight excluding hydrogens is 472 g/mol. The van der Waals surface area contributed by atoms with Crippen LogP contribution in [0.1, 0.15) is 35.2 Å². The molecule has 36 heavy (non-hydrogen) atoms. The number of fused-ring (bicyclic) bond motifs is 1. The molecule has 0 bridgehead atoms. The van der Waals surface area contributed by atoms with Crippen molar-refractivity contribution in [3.8, 4) is 23.4 Å². The second kappa shape index (κ2) is 9.63. The van der Waals surface area contributed by atoms with Crippen LogP contribution in [0.2, 0.25) is 0 Å². The molecule has 0 radical (unpaired) electrons. The van der Waals surface area contributed by atoms with Crippen LogP contribution in [0.4, 0.5) is 11.4 Å². The highest BCUT2D eigenvalue weighted by molar-refractivity contribution is 5.57. The second-order valence-corrected chi connectivity index (χ2v) is 7.75. The molecular formula is C23H20N6O7. The summed E-state index contributed by atoms with van der Waals surface area (Å²) in [6.07, 6.45) is 0.